The van der Waals surface area contributed by atoms with Crippen LogP contribution in [0.3, 0.4) is 0 Å². The van der Waals surface area contributed by atoms with Crippen molar-refractivity contribution in [3.05, 3.63) is 101 Å². The molecule has 0 amide bonds. The maximum atomic E-state index is 3.91. The van der Waals surface area contributed by atoms with E-state index in [-0.39, 0.29) is 0 Å². The summed E-state index contributed by atoms with van der Waals surface area (Å²) < 4.78 is 6.21. The molecule has 0 fully saturated rings. The van der Waals surface area contributed by atoms with Crippen molar-refractivity contribution in [3.63, 3.8) is 0 Å². The van der Waals surface area contributed by atoms with Gasteiger partial charge in [-0.1, -0.05) is 60.7 Å². The molecule has 6 aromatic rings. The number of halogens is 1. The highest BCUT2D eigenvalue weighted by atomic mass is 79.9. The first-order chi connectivity index (χ1) is 16.2. The van der Waals surface area contributed by atoms with Crippen LogP contribution >= 0.6 is 27.3 Å². The molecule has 3 heteroatoms. The molecular weight excluding hydrogens is 486 g/mol. The van der Waals surface area contributed by atoms with Gasteiger partial charge in [-0.3, -0.25) is 0 Å². The average molecular weight is 508 g/mol. The molecule has 0 radical (unpaired) electrons. The van der Waals surface area contributed by atoms with Crippen molar-refractivity contribution in [2.75, 3.05) is 0 Å². The van der Waals surface area contributed by atoms with Crippen LogP contribution in [0.1, 0.15) is 25.0 Å². The van der Waals surface area contributed by atoms with Crippen molar-refractivity contribution >= 4 is 81.4 Å². The second-order valence-electron chi connectivity index (χ2n) is 8.26. The summed E-state index contributed by atoms with van der Waals surface area (Å²) in [6.07, 6.45) is 8.53. The van der Waals surface area contributed by atoms with Crippen molar-refractivity contribution in [2.24, 2.45) is 0 Å². The van der Waals surface area contributed by atoms with Gasteiger partial charge in [-0.05, 0) is 77.3 Å². The fourth-order valence-corrected chi connectivity index (χ4v) is 6.65. The minimum absolute atomic E-state index is 1.16. The molecule has 0 aliphatic rings. The van der Waals surface area contributed by atoms with Crippen molar-refractivity contribution in [1.29, 1.82) is 0 Å². The first-order valence-electron chi connectivity index (χ1n) is 11.1. The summed E-state index contributed by atoms with van der Waals surface area (Å²) in [6.45, 7) is 4.13. The minimum Gasteiger partial charge on any atom is -0.309 e. The lowest BCUT2D eigenvalue weighted by Crippen LogP contribution is -1.94. The molecule has 1 nitrogen and oxygen atoms in total. The van der Waals surface area contributed by atoms with E-state index >= 15 is 0 Å². The summed E-state index contributed by atoms with van der Waals surface area (Å²) in [7, 11) is 0. The number of benzene rings is 4. The number of aromatic nitrogens is 1. The molecule has 2 aromatic heterocycles. The third-order valence-corrected chi connectivity index (χ3v) is 8.29. The molecule has 0 aliphatic carbocycles. The minimum atomic E-state index is 1.16. The quantitative estimate of drug-likeness (QED) is 0.224. The van der Waals surface area contributed by atoms with Gasteiger partial charge in [-0.25, -0.2) is 0 Å². The largest absolute Gasteiger partial charge is 0.309 e. The van der Waals surface area contributed by atoms with Crippen LogP contribution in [0.15, 0.2) is 89.4 Å². The lowest BCUT2D eigenvalue weighted by Gasteiger charge is -2.10. The van der Waals surface area contributed by atoms with Crippen LogP contribution in [0, 0.1) is 0 Å². The van der Waals surface area contributed by atoms with Crippen molar-refractivity contribution < 1.29 is 0 Å². The molecule has 6 rings (SSSR count). The van der Waals surface area contributed by atoms with Gasteiger partial charge in [0, 0.05) is 36.4 Å². The molecule has 0 saturated heterocycles. The molecule has 0 spiro atoms. The van der Waals surface area contributed by atoms with E-state index in [2.05, 4.69) is 131 Å². The number of fused-ring (bicyclic) bond motifs is 7. The van der Waals surface area contributed by atoms with Gasteiger partial charge in [-0.2, -0.15) is 0 Å². The predicted molar refractivity (Wildman–Crippen MR) is 151 cm³/mol. The van der Waals surface area contributed by atoms with E-state index in [1.807, 2.05) is 11.3 Å². The number of para-hydroxylation sites is 1. The summed E-state index contributed by atoms with van der Waals surface area (Å²) in [4.78, 5) is 0. The van der Waals surface area contributed by atoms with Gasteiger partial charge in [-0.15, -0.1) is 11.3 Å². The van der Waals surface area contributed by atoms with Crippen LogP contribution in [-0.4, -0.2) is 4.57 Å². The van der Waals surface area contributed by atoms with Crippen LogP contribution in [0.25, 0.3) is 59.8 Å². The molecule has 4 aromatic carbocycles. The Bertz CT molecular complexity index is 1750. The molecule has 0 atom stereocenters. The number of hydrogen-bond acceptors (Lipinski definition) is 1. The molecule has 0 unspecified atom stereocenters. The molecule has 0 bridgehead atoms. The van der Waals surface area contributed by atoms with Crippen molar-refractivity contribution in [1.82, 2.24) is 4.57 Å². The van der Waals surface area contributed by atoms with Gasteiger partial charge < -0.3 is 4.57 Å². The highest BCUT2D eigenvalue weighted by molar-refractivity contribution is 9.10. The Kier molecular flexibility index (Phi) is 4.97. The van der Waals surface area contributed by atoms with Crippen molar-refractivity contribution in [2.45, 2.75) is 13.8 Å². The monoisotopic (exact) mass is 507 g/mol. The first-order valence-corrected chi connectivity index (χ1v) is 12.7. The smallest absolute Gasteiger partial charge is 0.0635 e. The summed E-state index contributed by atoms with van der Waals surface area (Å²) >= 11 is 5.77. The van der Waals surface area contributed by atoms with Gasteiger partial charge >= 0.3 is 0 Å². The van der Waals surface area contributed by atoms with E-state index in [1.54, 1.807) is 0 Å². The number of allylic oxidation sites excluding steroid dienone is 2. The zero-order valence-electron chi connectivity index (χ0n) is 18.5. The maximum Gasteiger partial charge on any atom is 0.0635 e. The number of thiophene rings is 1. The van der Waals surface area contributed by atoms with Crippen LogP contribution < -0.4 is 0 Å². The van der Waals surface area contributed by atoms with Gasteiger partial charge in [0.05, 0.1) is 15.7 Å². The Morgan fingerprint density at radius 3 is 2.36 bits per heavy atom. The number of hydrogen-bond donors (Lipinski definition) is 0. The molecular formula is C30H22BrNS. The zero-order chi connectivity index (χ0) is 22.5. The molecule has 0 N–H and O–H groups in total. The van der Waals surface area contributed by atoms with E-state index in [4.69, 9.17) is 0 Å². The second-order valence-corrected chi connectivity index (χ2v) is 10.2. The van der Waals surface area contributed by atoms with E-state index in [9.17, 15) is 0 Å². The Morgan fingerprint density at radius 1 is 0.758 bits per heavy atom. The summed E-state index contributed by atoms with van der Waals surface area (Å²) in [5, 5.41) is 5.18. The van der Waals surface area contributed by atoms with Crippen LogP contribution in [0.4, 0.5) is 0 Å². The topological polar surface area (TPSA) is 4.93 Å². The summed E-state index contributed by atoms with van der Waals surface area (Å²) in [6, 6.07) is 26.6. The van der Waals surface area contributed by atoms with E-state index < -0.39 is 0 Å². The van der Waals surface area contributed by atoms with E-state index in [0.29, 0.717) is 0 Å². The lowest BCUT2D eigenvalue weighted by molar-refractivity contribution is 1.18. The van der Waals surface area contributed by atoms with Crippen LogP contribution in [-0.2, 0) is 0 Å². The maximum absolute atomic E-state index is 3.91. The van der Waals surface area contributed by atoms with Gasteiger partial charge in [0.25, 0.3) is 0 Å². The Hall–Kier alpha value is -3.14. The third kappa shape index (κ3) is 3.18. The normalized spacial score (nSPS) is 12.5. The van der Waals surface area contributed by atoms with Gasteiger partial charge in [0.1, 0.15) is 0 Å². The molecule has 33 heavy (non-hydrogen) atoms. The summed E-state index contributed by atoms with van der Waals surface area (Å²) in [5.41, 5.74) is 6.13. The fourth-order valence-electron chi connectivity index (χ4n) is 4.89. The SMILES string of the molecule is C/C=C/c1cccc(-n2c3ccccc3c3cc(Br)c4sc5ccc(/C=C/C)cc5c4c32)c1. The number of nitrogens with zero attached hydrogens (tertiary/aromatic N) is 1. The Morgan fingerprint density at radius 2 is 1.55 bits per heavy atom. The molecule has 0 saturated carbocycles. The average Bonchev–Trinajstić information content (AvgIpc) is 3.36. The highest BCUT2D eigenvalue weighted by Crippen LogP contribution is 2.46. The first kappa shape index (κ1) is 20.5. The Labute approximate surface area is 205 Å². The molecule has 0 aliphatic heterocycles. The standard InChI is InChI=1S/C30H22BrNS/c1-3-8-19-10-7-11-21(16-19)32-26-13-6-5-12-22(26)23-18-25(31)30-28(29(23)32)24-17-20(9-4-2)14-15-27(24)33-30/h3-18H,1-2H3/b8-3+,9-4+. The van der Waals surface area contributed by atoms with Crippen LogP contribution in [0.5, 0.6) is 0 Å². The predicted octanol–water partition coefficient (Wildman–Crippen LogP) is 9.98. The number of rotatable bonds is 3. The highest BCUT2D eigenvalue weighted by Gasteiger charge is 2.20. The molecule has 160 valence electrons. The zero-order valence-corrected chi connectivity index (χ0v) is 20.9. The van der Waals surface area contributed by atoms with Gasteiger partial charge in [0.2, 0.25) is 0 Å². The summed E-state index contributed by atoms with van der Waals surface area (Å²) in [5.74, 6) is 0. The second kappa shape index (κ2) is 8.02. The third-order valence-electron chi connectivity index (χ3n) is 6.20. The lowest BCUT2D eigenvalue weighted by atomic mass is 10.1. The van der Waals surface area contributed by atoms with Gasteiger partial charge in [0.15, 0.2) is 0 Å². The Balaban J connectivity index is 1.86. The van der Waals surface area contributed by atoms with E-state index in [0.717, 1.165) is 4.47 Å². The fraction of sp³-hybridized carbons (Fsp3) is 0.0667. The van der Waals surface area contributed by atoms with E-state index in [1.165, 1.54) is 58.8 Å². The van der Waals surface area contributed by atoms with Crippen molar-refractivity contribution in [3.8, 4) is 5.69 Å². The van der Waals surface area contributed by atoms with Crippen LogP contribution in [0.2, 0.25) is 0 Å². The molecule has 2 heterocycles.